The topological polar surface area (TPSA) is 35.9 Å². The first-order valence-corrected chi connectivity index (χ1v) is 19.3. The molecule has 1 saturated heterocycles. The minimum Gasteiger partial charge on any atom is -0.492 e. The molecule has 0 N–H and O–H groups in total. The van der Waals surface area contributed by atoms with Gasteiger partial charge < -0.3 is 18.8 Å². The lowest BCUT2D eigenvalue weighted by atomic mass is 9.65. The molecule has 5 heteroatoms. The molecule has 1 aromatic heterocycles. The van der Waals surface area contributed by atoms with Crippen molar-refractivity contribution < 1.29 is 14.2 Å². The lowest BCUT2D eigenvalue weighted by Crippen LogP contribution is -2.36. The van der Waals surface area contributed by atoms with Gasteiger partial charge >= 0.3 is 0 Å². The molecule has 2 bridgehead atoms. The SMILES string of the molecule is CC1(C)CC2CC(C)(CN2CCOc2ccc(Cn3c(Cc4ccc(OCc5ccccc5)cc4)cc4cc(OCc5ccccc5)ccc43)cc2)C1. The molecular formula is C48H52N2O3. The molecule has 53 heavy (non-hydrogen) atoms. The number of hydrogen-bond acceptors (Lipinski definition) is 4. The van der Waals surface area contributed by atoms with Gasteiger partial charge in [0, 0.05) is 48.7 Å². The maximum Gasteiger partial charge on any atom is 0.120 e. The van der Waals surface area contributed by atoms with Crippen LogP contribution in [-0.2, 0) is 26.2 Å². The average molecular weight is 705 g/mol. The molecule has 2 atom stereocenters. The van der Waals surface area contributed by atoms with E-state index in [2.05, 4.69) is 127 Å². The largest absolute Gasteiger partial charge is 0.492 e. The molecular weight excluding hydrogens is 653 g/mol. The Hall–Kier alpha value is -5.00. The zero-order valence-corrected chi connectivity index (χ0v) is 31.5. The Kier molecular flexibility index (Phi) is 10.0. The van der Waals surface area contributed by atoms with Crippen molar-refractivity contribution in [3.05, 3.63) is 161 Å². The second-order valence-corrected chi connectivity index (χ2v) is 16.5. The van der Waals surface area contributed by atoms with Gasteiger partial charge in [-0.05, 0) is 101 Å². The van der Waals surface area contributed by atoms with Crippen LogP contribution in [0, 0.1) is 10.8 Å². The van der Waals surface area contributed by atoms with Crippen molar-refractivity contribution in [2.75, 3.05) is 19.7 Å². The maximum atomic E-state index is 6.31. The number of rotatable bonds is 14. The number of hydrogen-bond donors (Lipinski definition) is 0. The van der Waals surface area contributed by atoms with Crippen LogP contribution in [-0.4, -0.2) is 35.2 Å². The Bertz CT molecular complexity index is 2100. The van der Waals surface area contributed by atoms with Crippen molar-refractivity contribution in [3.8, 4) is 17.2 Å². The van der Waals surface area contributed by atoms with E-state index in [4.69, 9.17) is 14.2 Å². The molecule has 1 saturated carbocycles. The molecule has 6 aromatic rings. The average Bonchev–Trinajstić information content (AvgIpc) is 3.62. The van der Waals surface area contributed by atoms with Gasteiger partial charge in [0.15, 0.2) is 0 Å². The van der Waals surface area contributed by atoms with E-state index in [0.29, 0.717) is 30.1 Å². The van der Waals surface area contributed by atoms with Crippen LogP contribution < -0.4 is 14.2 Å². The van der Waals surface area contributed by atoms with Crippen molar-refractivity contribution >= 4 is 10.9 Å². The molecule has 2 unspecified atom stereocenters. The van der Waals surface area contributed by atoms with Crippen LogP contribution in [0.3, 0.4) is 0 Å². The minimum atomic E-state index is 0.439. The van der Waals surface area contributed by atoms with Gasteiger partial charge in [-0.1, -0.05) is 106 Å². The van der Waals surface area contributed by atoms with Crippen molar-refractivity contribution in [2.24, 2.45) is 10.8 Å². The first-order chi connectivity index (χ1) is 25.8. The zero-order valence-electron chi connectivity index (χ0n) is 31.5. The van der Waals surface area contributed by atoms with Gasteiger partial charge in [0.05, 0.1) is 0 Å². The highest BCUT2D eigenvalue weighted by atomic mass is 16.5. The van der Waals surface area contributed by atoms with E-state index in [1.165, 1.54) is 53.5 Å². The summed E-state index contributed by atoms with van der Waals surface area (Å²) in [5, 5.41) is 1.18. The third-order valence-corrected chi connectivity index (χ3v) is 11.2. The molecule has 8 rings (SSSR count). The zero-order chi connectivity index (χ0) is 36.3. The van der Waals surface area contributed by atoms with Crippen molar-refractivity contribution in [1.82, 2.24) is 9.47 Å². The molecule has 2 fully saturated rings. The first kappa shape index (κ1) is 35.1. The highest BCUT2D eigenvalue weighted by Gasteiger charge is 2.49. The molecule has 0 spiro atoms. The molecule has 2 heterocycles. The van der Waals surface area contributed by atoms with Crippen molar-refractivity contribution in [2.45, 2.75) is 72.3 Å². The van der Waals surface area contributed by atoms with Gasteiger partial charge in [0.2, 0.25) is 0 Å². The number of fused-ring (bicyclic) bond motifs is 3. The van der Waals surface area contributed by atoms with Gasteiger partial charge in [0.1, 0.15) is 37.1 Å². The van der Waals surface area contributed by atoms with Gasteiger partial charge in [-0.25, -0.2) is 0 Å². The van der Waals surface area contributed by atoms with E-state index in [1.54, 1.807) is 0 Å². The monoisotopic (exact) mass is 704 g/mol. The summed E-state index contributed by atoms with van der Waals surface area (Å²) in [7, 11) is 0. The predicted octanol–water partition coefficient (Wildman–Crippen LogP) is 10.7. The van der Waals surface area contributed by atoms with Gasteiger partial charge in [-0.2, -0.15) is 0 Å². The lowest BCUT2D eigenvalue weighted by molar-refractivity contribution is 0.124. The van der Waals surface area contributed by atoms with E-state index in [9.17, 15) is 0 Å². The fourth-order valence-electron chi connectivity index (χ4n) is 9.12. The van der Waals surface area contributed by atoms with E-state index < -0.39 is 0 Å². The fraction of sp³-hybridized carbons (Fsp3) is 0.333. The van der Waals surface area contributed by atoms with E-state index in [1.807, 2.05) is 36.4 Å². The number of benzene rings is 5. The summed E-state index contributed by atoms with van der Waals surface area (Å²) in [6.07, 6.45) is 4.76. The number of nitrogens with zero attached hydrogens (tertiary/aromatic N) is 2. The summed E-state index contributed by atoms with van der Waals surface area (Å²) in [6, 6.07) is 47.3. The number of likely N-dealkylation sites (tertiary alicyclic amines) is 1. The Morgan fingerprint density at radius 2 is 1.21 bits per heavy atom. The van der Waals surface area contributed by atoms with Gasteiger partial charge in [0.25, 0.3) is 0 Å². The van der Waals surface area contributed by atoms with E-state index >= 15 is 0 Å². The normalized spacial score (nSPS) is 19.3. The van der Waals surface area contributed by atoms with Crippen LogP contribution in [0.25, 0.3) is 10.9 Å². The molecule has 5 nitrogen and oxygen atoms in total. The van der Waals surface area contributed by atoms with Crippen LogP contribution >= 0.6 is 0 Å². The molecule has 0 radical (unpaired) electrons. The van der Waals surface area contributed by atoms with Crippen LogP contribution in [0.5, 0.6) is 17.2 Å². The fourth-order valence-corrected chi connectivity index (χ4v) is 9.12. The third kappa shape index (κ3) is 8.63. The summed E-state index contributed by atoms with van der Waals surface area (Å²) in [4.78, 5) is 2.69. The van der Waals surface area contributed by atoms with Crippen molar-refractivity contribution in [1.29, 1.82) is 0 Å². The Balaban J connectivity index is 0.955. The first-order valence-electron chi connectivity index (χ1n) is 19.3. The van der Waals surface area contributed by atoms with Crippen LogP contribution in [0.1, 0.15) is 68.0 Å². The quantitative estimate of drug-likeness (QED) is 0.113. The van der Waals surface area contributed by atoms with Gasteiger partial charge in [-0.3, -0.25) is 4.90 Å². The second-order valence-electron chi connectivity index (χ2n) is 16.5. The van der Waals surface area contributed by atoms with E-state index in [0.717, 1.165) is 54.5 Å². The summed E-state index contributed by atoms with van der Waals surface area (Å²) in [6.45, 7) is 12.2. The molecule has 5 aromatic carbocycles. The molecule has 1 aliphatic carbocycles. The Labute approximate surface area is 315 Å². The molecule has 272 valence electrons. The van der Waals surface area contributed by atoms with Gasteiger partial charge in [-0.15, -0.1) is 0 Å². The number of ether oxygens (including phenoxy) is 3. The summed E-state index contributed by atoms with van der Waals surface area (Å²) in [5.41, 5.74) is 8.15. The standard InChI is InChI=1S/C48H52N2O3/c1-47(2)29-42-30-48(3,34-47)35-49(42)24-25-51-43-20-16-37(17-21-43)31-50-41(26-36-14-18-44(19-15-36)52-32-38-10-6-4-7-11-38)27-40-28-45(22-23-46(40)50)53-33-39-12-8-5-9-13-39/h4-23,27-28,42H,24-26,29-35H2,1-3H3. The highest BCUT2D eigenvalue weighted by molar-refractivity contribution is 5.83. The summed E-state index contributed by atoms with van der Waals surface area (Å²) >= 11 is 0. The molecule has 2 aliphatic rings. The predicted molar refractivity (Wildman–Crippen MR) is 215 cm³/mol. The van der Waals surface area contributed by atoms with Crippen LogP contribution in [0.4, 0.5) is 0 Å². The van der Waals surface area contributed by atoms with Crippen LogP contribution in [0.15, 0.2) is 133 Å². The lowest BCUT2D eigenvalue weighted by Gasteiger charge is -2.39. The summed E-state index contributed by atoms with van der Waals surface area (Å²) < 4.78 is 21.1. The van der Waals surface area contributed by atoms with E-state index in [-0.39, 0.29) is 0 Å². The maximum absolute atomic E-state index is 6.31. The van der Waals surface area contributed by atoms with Crippen LogP contribution in [0.2, 0.25) is 0 Å². The number of aromatic nitrogens is 1. The second kappa shape index (κ2) is 15.2. The third-order valence-electron chi connectivity index (χ3n) is 11.2. The Morgan fingerprint density at radius 3 is 1.89 bits per heavy atom. The Morgan fingerprint density at radius 1 is 0.604 bits per heavy atom. The highest BCUT2D eigenvalue weighted by Crippen LogP contribution is 2.52. The summed E-state index contributed by atoms with van der Waals surface area (Å²) in [5.74, 6) is 2.69. The van der Waals surface area contributed by atoms with Crippen molar-refractivity contribution in [3.63, 3.8) is 0 Å². The molecule has 1 aliphatic heterocycles. The minimum absolute atomic E-state index is 0.439. The molecule has 0 amide bonds. The smallest absolute Gasteiger partial charge is 0.120 e.